The number of cyclic esters (lactones) is 2. The van der Waals surface area contributed by atoms with Crippen LogP contribution in [0.15, 0.2) is 24.3 Å². The highest BCUT2D eigenvalue weighted by molar-refractivity contribution is 6.05. The third kappa shape index (κ3) is 17.7. The minimum Gasteiger partial charge on any atom is -0.497 e. The van der Waals surface area contributed by atoms with E-state index in [2.05, 4.69) is 16.0 Å². The van der Waals surface area contributed by atoms with Crippen LogP contribution < -0.4 is 20.7 Å². The number of esters is 3. The molecule has 13 atom stereocenters. The fraction of sp³-hybridized carbons (Fsp3) is 0.712. The van der Waals surface area contributed by atoms with Crippen molar-refractivity contribution in [2.45, 2.75) is 208 Å². The lowest BCUT2D eigenvalue weighted by atomic mass is 9.91. The number of nitrogens with zero attached hydrogens (tertiary/aromatic N) is 4. The molecule has 23 nitrogen and oxygen atoms in total. The number of fused-ring (bicyclic) bond motifs is 1. The van der Waals surface area contributed by atoms with Crippen LogP contribution in [0.3, 0.4) is 0 Å². The summed E-state index contributed by atoms with van der Waals surface area (Å²) >= 11 is 0. The van der Waals surface area contributed by atoms with Gasteiger partial charge in [0, 0.05) is 40.5 Å². The molecule has 4 rings (SSSR count). The molecule has 3 saturated heterocycles. The van der Waals surface area contributed by atoms with E-state index in [-0.39, 0.29) is 57.0 Å². The van der Waals surface area contributed by atoms with Gasteiger partial charge < -0.3 is 59.6 Å². The molecule has 1 aromatic rings. The Labute approximate surface area is 482 Å². The molecule has 0 bridgehead atoms. The Bertz CT molecular complexity index is 2450. The maximum atomic E-state index is 15.1. The number of ketones is 1. The van der Waals surface area contributed by atoms with Crippen molar-refractivity contribution in [2.24, 2.45) is 29.6 Å². The number of ether oxygens (including phenoxy) is 4. The highest BCUT2D eigenvalue weighted by atomic mass is 16.6. The van der Waals surface area contributed by atoms with E-state index in [4.69, 9.17) is 18.9 Å². The first-order valence-corrected chi connectivity index (χ1v) is 28.9. The van der Waals surface area contributed by atoms with Gasteiger partial charge in [0.2, 0.25) is 35.4 Å². The Morgan fingerprint density at radius 3 is 2.06 bits per heavy atom. The zero-order valence-electron chi connectivity index (χ0n) is 50.7. The third-order valence-corrected chi connectivity index (χ3v) is 15.8. The average Bonchev–Trinajstić information content (AvgIpc) is 4.18. The van der Waals surface area contributed by atoms with Crippen molar-refractivity contribution in [1.82, 2.24) is 35.6 Å². The van der Waals surface area contributed by atoms with Gasteiger partial charge in [-0.25, -0.2) is 4.79 Å². The summed E-state index contributed by atoms with van der Waals surface area (Å²) in [5, 5.41) is 20.1. The maximum absolute atomic E-state index is 15.1. The van der Waals surface area contributed by atoms with Gasteiger partial charge in [-0.15, -0.1) is 0 Å². The van der Waals surface area contributed by atoms with E-state index in [9.17, 15) is 48.3 Å². The predicted molar refractivity (Wildman–Crippen MR) is 300 cm³/mol. The summed E-state index contributed by atoms with van der Waals surface area (Å²) in [6.45, 7) is 19.6. The molecule has 82 heavy (non-hydrogen) atoms. The van der Waals surface area contributed by atoms with Gasteiger partial charge in [-0.1, -0.05) is 73.9 Å². The number of carbonyl (C=O) groups is 11. The van der Waals surface area contributed by atoms with E-state index >= 15 is 9.59 Å². The topological polar surface area (TPSA) is 294 Å². The van der Waals surface area contributed by atoms with Gasteiger partial charge in [0.05, 0.1) is 31.6 Å². The Kier molecular flexibility index (Phi) is 25.3. The van der Waals surface area contributed by atoms with Crippen LogP contribution in [-0.2, 0) is 73.4 Å². The number of likely N-dealkylation sites (tertiary alicyclic amines) is 1. The molecule has 0 spiro atoms. The summed E-state index contributed by atoms with van der Waals surface area (Å²) in [6, 6.07) is -2.33. The van der Waals surface area contributed by atoms with Crippen molar-refractivity contribution in [3.63, 3.8) is 0 Å². The molecule has 4 N–H and O–H groups in total. The van der Waals surface area contributed by atoms with Crippen LogP contribution >= 0.6 is 0 Å². The van der Waals surface area contributed by atoms with Crippen molar-refractivity contribution in [3.8, 4) is 5.75 Å². The minimum atomic E-state index is -1.78. The lowest BCUT2D eigenvalue weighted by molar-refractivity contribution is -0.163. The summed E-state index contributed by atoms with van der Waals surface area (Å²) in [6.07, 6.45) is -4.96. The van der Waals surface area contributed by atoms with Crippen LogP contribution in [0.4, 0.5) is 0 Å². The number of Topliss-reactive ketones (excluding diaryl/α,β-unsaturated/α-hetero) is 1. The number of methoxy groups -OCH3 is 1. The van der Waals surface area contributed by atoms with E-state index in [1.54, 1.807) is 52.0 Å². The Morgan fingerprint density at radius 1 is 0.854 bits per heavy atom. The lowest BCUT2D eigenvalue weighted by Crippen LogP contribution is -2.62. The molecular formula is C59H91N7O16. The number of carbonyl (C=O) groups excluding carboxylic acids is 11. The number of likely N-dealkylation sites (N-methyl/N-ethyl adjacent to an activating group) is 2. The Hall–Kier alpha value is -6.65. The SMILES string of the molecule is CC[C@H](C)[C@@H]1NC(=O)[C@@H](NC(=O)[C@@H](CC(C)C)N(C)C(=O)[C@@H]2CCCN2C(=O)[C@H](C)OC(C)=O)[C@H](C)OC(=O)[C@H](Cc2ccc(OC)cc2)N(C)C(=O)[C@@H]2CCCN2C(=O)[C@H](CC(C)C)NC(=O)[C@@H](C)C(=O)[C@H](C(C)C)OC(=O)C[C@@H]1O. The molecule has 0 saturated carbocycles. The zero-order chi connectivity index (χ0) is 61.6. The molecule has 3 aliphatic heterocycles. The summed E-state index contributed by atoms with van der Waals surface area (Å²) in [5.41, 5.74) is 0.564. The van der Waals surface area contributed by atoms with E-state index < -0.39 is 156 Å². The first-order chi connectivity index (χ1) is 38.4. The molecule has 3 fully saturated rings. The van der Waals surface area contributed by atoms with Gasteiger partial charge in [0.15, 0.2) is 18.0 Å². The number of hydrogen-bond acceptors (Lipinski definition) is 16. The number of benzene rings is 1. The van der Waals surface area contributed by atoms with Gasteiger partial charge in [-0.2, -0.15) is 0 Å². The monoisotopic (exact) mass is 1150 g/mol. The number of hydrogen-bond donors (Lipinski definition) is 4. The van der Waals surface area contributed by atoms with Crippen molar-refractivity contribution >= 4 is 65.0 Å². The maximum Gasteiger partial charge on any atom is 0.329 e. The van der Waals surface area contributed by atoms with Gasteiger partial charge in [-0.3, -0.25) is 47.9 Å². The van der Waals surface area contributed by atoms with Crippen molar-refractivity contribution in [2.75, 3.05) is 34.3 Å². The van der Waals surface area contributed by atoms with Gasteiger partial charge >= 0.3 is 17.9 Å². The number of nitrogens with one attached hydrogen (secondary N) is 3. The molecule has 0 radical (unpaired) electrons. The number of rotatable bonds is 16. The largest absolute Gasteiger partial charge is 0.497 e. The average molecular weight is 1150 g/mol. The molecular weight excluding hydrogens is 1060 g/mol. The molecule has 0 unspecified atom stereocenters. The molecule has 1 aromatic carbocycles. The fourth-order valence-electron chi connectivity index (χ4n) is 10.8. The molecule has 0 aliphatic carbocycles. The summed E-state index contributed by atoms with van der Waals surface area (Å²) in [5.74, 6) is -11.0. The number of aliphatic hydroxyl groups is 1. The van der Waals surface area contributed by atoms with Crippen molar-refractivity contribution in [3.05, 3.63) is 29.8 Å². The van der Waals surface area contributed by atoms with Gasteiger partial charge in [-0.05, 0) is 101 Å². The molecule has 0 aromatic heterocycles. The summed E-state index contributed by atoms with van der Waals surface area (Å²) in [7, 11) is 4.28. The second kappa shape index (κ2) is 30.6. The fourth-order valence-corrected chi connectivity index (χ4v) is 10.8. The van der Waals surface area contributed by atoms with Crippen LogP contribution in [0.1, 0.15) is 140 Å². The van der Waals surface area contributed by atoms with Gasteiger partial charge in [0.25, 0.3) is 5.91 Å². The Balaban J connectivity index is 1.88. The third-order valence-electron chi connectivity index (χ3n) is 15.8. The second-order valence-corrected chi connectivity index (χ2v) is 23.5. The number of aliphatic hydroxyl groups excluding tert-OH is 1. The van der Waals surface area contributed by atoms with Crippen molar-refractivity contribution in [1.29, 1.82) is 0 Å². The van der Waals surface area contributed by atoms with E-state index in [1.807, 2.05) is 27.7 Å². The molecule has 3 heterocycles. The number of amides is 7. The molecule has 3 aliphatic rings. The van der Waals surface area contributed by atoms with E-state index in [0.29, 0.717) is 30.6 Å². The first-order valence-electron chi connectivity index (χ1n) is 28.9. The van der Waals surface area contributed by atoms with Gasteiger partial charge in [0.1, 0.15) is 48.1 Å². The highest BCUT2D eigenvalue weighted by Gasteiger charge is 2.46. The van der Waals surface area contributed by atoms with Crippen LogP contribution in [0.25, 0.3) is 0 Å². The summed E-state index contributed by atoms with van der Waals surface area (Å²) in [4.78, 5) is 161. The zero-order valence-corrected chi connectivity index (χ0v) is 50.7. The first kappa shape index (κ1) is 67.9. The standard InChI is InChI=1S/C59H91N7O16/c1-16-34(8)48-46(68)30-47(69)82-51(33(6)7)50(70)35(9)52(71)60-41(27-31(2)3)56(75)66-26-18-20-43(66)58(77)64(14)45(29-39-21-23-40(79-15)24-22-39)59(78)81-36(10)49(54(73)61-48)62-53(72)44(28-32(4)5)63(13)57(76)42-19-17-25-65(42)55(74)37(11)80-38(12)67/h21-24,31-37,41-46,48-49,51,68H,16-20,25-30H2,1-15H3,(H,60,71)(H,61,73)(H,62,72)/t34-,35-,36-,37-,41-,42-,43-,44+,45-,46-,48-,49-,51-/m0/s1. The highest BCUT2D eigenvalue weighted by Crippen LogP contribution is 2.28. The predicted octanol–water partition coefficient (Wildman–Crippen LogP) is 2.89. The molecule has 7 amide bonds. The van der Waals surface area contributed by atoms with E-state index in [0.717, 1.165) is 6.92 Å². The van der Waals surface area contributed by atoms with Crippen LogP contribution in [0.2, 0.25) is 0 Å². The minimum absolute atomic E-state index is 0.0516. The van der Waals surface area contributed by atoms with Crippen LogP contribution in [0.5, 0.6) is 5.75 Å². The quantitative estimate of drug-likeness (QED) is 0.105. The molecule has 23 heteroatoms. The summed E-state index contributed by atoms with van der Waals surface area (Å²) < 4.78 is 22.4. The Morgan fingerprint density at radius 2 is 1.49 bits per heavy atom. The van der Waals surface area contributed by atoms with Crippen LogP contribution in [0, 0.1) is 29.6 Å². The second-order valence-electron chi connectivity index (χ2n) is 23.5. The van der Waals surface area contributed by atoms with Crippen LogP contribution in [-0.4, -0.2) is 191 Å². The smallest absolute Gasteiger partial charge is 0.329 e. The normalized spacial score (nSPS) is 27.0. The van der Waals surface area contributed by atoms with Crippen molar-refractivity contribution < 1.29 is 76.8 Å². The van der Waals surface area contributed by atoms with E-state index in [1.165, 1.54) is 61.6 Å². The lowest BCUT2D eigenvalue weighted by Gasteiger charge is -2.36. The molecule has 458 valence electrons.